The number of urea groups is 1. The molecule has 0 saturated carbocycles. The first kappa shape index (κ1) is 7.61. The second-order valence-electron chi connectivity index (χ2n) is 1.26. The first-order chi connectivity index (χ1) is 4.22. The lowest BCUT2D eigenvalue weighted by atomic mass is 10.6. The zero-order chi connectivity index (χ0) is 7.28. The second kappa shape index (κ2) is 3.59. The molecule has 0 aliphatic rings. The Morgan fingerprint density at radius 2 is 2.11 bits per heavy atom. The Balaban J connectivity index is 3.81. The zero-order valence-electron chi connectivity index (χ0n) is 4.61. The maximum Gasteiger partial charge on any atom is 0.321 e. The Bertz CT molecular complexity index is 134. The van der Waals surface area contributed by atoms with Crippen molar-refractivity contribution < 1.29 is 14.4 Å². The van der Waals surface area contributed by atoms with Gasteiger partial charge in [-0.05, 0) is 0 Å². The maximum absolute atomic E-state index is 10.1. The summed E-state index contributed by atoms with van der Waals surface area (Å²) in [5.41, 5.74) is 4.63. The number of primary amides is 1. The Labute approximate surface area is 51.4 Å². The number of imide groups is 1. The van der Waals surface area contributed by atoms with Gasteiger partial charge in [-0.25, -0.2) is 4.79 Å². The molecular formula is C4H6N2O3. The molecule has 3 amide bonds. The number of nitrogens with two attached hydrogens (primary N) is 1. The number of carbonyl (C=O) groups excluding carboxylic acids is 3. The molecule has 0 aliphatic heterocycles. The van der Waals surface area contributed by atoms with Crippen LogP contribution in [0.5, 0.6) is 0 Å². The first-order valence-corrected chi connectivity index (χ1v) is 2.17. The molecule has 0 rings (SSSR count). The minimum absolute atomic E-state index is 0.205. The SMILES string of the molecule is NC(=O)N(C=O)CC=O. The Hall–Kier alpha value is -1.39. The molecule has 2 N–H and O–H groups in total. The predicted molar refractivity (Wildman–Crippen MR) is 28.4 cm³/mol. The summed E-state index contributed by atoms with van der Waals surface area (Å²) in [5, 5.41) is 0. The van der Waals surface area contributed by atoms with E-state index in [1.165, 1.54) is 0 Å². The van der Waals surface area contributed by atoms with Gasteiger partial charge in [0.2, 0.25) is 6.41 Å². The summed E-state index contributed by atoms with van der Waals surface area (Å²) in [6, 6.07) is -0.919. The lowest BCUT2D eigenvalue weighted by molar-refractivity contribution is -0.119. The molecule has 0 saturated heterocycles. The van der Waals surface area contributed by atoms with E-state index < -0.39 is 6.03 Å². The highest BCUT2D eigenvalue weighted by Gasteiger charge is 2.04. The number of carbonyl (C=O) groups is 3. The number of rotatable bonds is 3. The third-order valence-corrected chi connectivity index (χ3v) is 0.682. The number of aldehydes is 1. The number of amides is 3. The van der Waals surface area contributed by atoms with Gasteiger partial charge in [-0.15, -0.1) is 0 Å². The van der Waals surface area contributed by atoms with Gasteiger partial charge in [-0.3, -0.25) is 9.69 Å². The minimum atomic E-state index is -0.919. The number of hydrogen-bond donors (Lipinski definition) is 1. The van der Waals surface area contributed by atoms with Gasteiger partial charge in [-0.2, -0.15) is 0 Å². The second-order valence-corrected chi connectivity index (χ2v) is 1.26. The van der Waals surface area contributed by atoms with E-state index >= 15 is 0 Å². The van der Waals surface area contributed by atoms with Crippen LogP contribution in [0, 0.1) is 0 Å². The molecule has 0 aromatic rings. The van der Waals surface area contributed by atoms with Gasteiger partial charge < -0.3 is 10.5 Å². The third-order valence-electron chi connectivity index (χ3n) is 0.682. The lowest BCUT2D eigenvalue weighted by Gasteiger charge is -2.05. The lowest BCUT2D eigenvalue weighted by Crippen LogP contribution is -2.35. The Kier molecular flexibility index (Phi) is 3.04. The molecule has 0 bridgehead atoms. The summed E-state index contributed by atoms with van der Waals surface area (Å²) in [6.45, 7) is -0.279. The molecule has 0 aromatic heterocycles. The number of nitrogens with zero attached hydrogens (tertiary/aromatic N) is 1. The molecule has 5 heteroatoms. The van der Waals surface area contributed by atoms with Crippen molar-refractivity contribution in [1.82, 2.24) is 4.90 Å². The molecule has 0 atom stereocenters. The minimum Gasteiger partial charge on any atom is -0.351 e. The van der Waals surface area contributed by atoms with Crippen LogP contribution in [0.4, 0.5) is 4.79 Å². The molecular weight excluding hydrogens is 124 g/mol. The topological polar surface area (TPSA) is 80.5 Å². The van der Waals surface area contributed by atoms with E-state index in [0.29, 0.717) is 11.2 Å². The largest absolute Gasteiger partial charge is 0.351 e. The van der Waals surface area contributed by atoms with Crippen LogP contribution < -0.4 is 5.73 Å². The first-order valence-electron chi connectivity index (χ1n) is 2.17. The predicted octanol–water partition coefficient (Wildman–Crippen LogP) is -1.28. The third kappa shape index (κ3) is 2.43. The molecule has 9 heavy (non-hydrogen) atoms. The highest BCUT2D eigenvalue weighted by atomic mass is 16.2. The van der Waals surface area contributed by atoms with Gasteiger partial charge >= 0.3 is 6.03 Å². The van der Waals surface area contributed by atoms with E-state index in [-0.39, 0.29) is 13.0 Å². The van der Waals surface area contributed by atoms with Gasteiger partial charge in [0.25, 0.3) is 0 Å². The van der Waals surface area contributed by atoms with Gasteiger partial charge in [0.15, 0.2) is 0 Å². The molecule has 0 fully saturated rings. The normalized spacial score (nSPS) is 8.00. The molecule has 0 spiro atoms. The van der Waals surface area contributed by atoms with Gasteiger partial charge in [0.1, 0.15) is 6.29 Å². The monoisotopic (exact) mass is 130 g/mol. The van der Waals surface area contributed by atoms with Crippen LogP contribution in [-0.2, 0) is 9.59 Å². The maximum atomic E-state index is 10.1. The Morgan fingerprint density at radius 3 is 2.22 bits per heavy atom. The zero-order valence-corrected chi connectivity index (χ0v) is 4.61. The fourth-order valence-corrected chi connectivity index (χ4v) is 0.265. The smallest absolute Gasteiger partial charge is 0.321 e. The van der Waals surface area contributed by atoms with Crippen LogP contribution in [0.15, 0.2) is 0 Å². The van der Waals surface area contributed by atoms with E-state index in [4.69, 9.17) is 0 Å². The van der Waals surface area contributed by atoms with Crippen molar-refractivity contribution in [2.24, 2.45) is 5.73 Å². The van der Waals surface area contributed by atoms with Crippen molar-refractivity contribution in [2.45, 2.75) is 0 Å². The quantitative estimate of drug-likeness (QED) is 0.483. The average Bonchev–Trinajstić information content (AvgIpc) is 1.82. The van der Waals surface area contributed by atoms with Crippen molar-refractivity contribution in [3.05, 3.63) is 0 Å². The van der Waals surface area contributed by atoms with Crippen molar-refractivity contribution >= 4 is 18.7 Å². The molecule has 5 nitrogen and oxygen atoms in total. The fraction of sp³-hybridized carbons (Fsp3) is 0.250. The fourth-order valence-electron chi connectivity index (χ4n) is 0.265. The van der Waals surface area contributed by atoms with Crippen LogP contribution in [0.2, 0.25) is 0 Å². The van der Waals surface area contributed by atoms with E-state index in [2.05, 4.69) is 5.73 Å². The van der Waals surface area contributed by atoms with E-state index in [1.807, 2.05) is 0 Å². The highest BCUT2D eigenvalue weighted by Crippen LogP contribution is 1.76. The van der Waals surface area contributed by atoms with Crippen molar-refractivity contribution in [3.63, 3.8) is 0 Å². The Morgan fingerprint density at radius 1 is 1.56 bits per heavy atom. The van der Waals surface area contributed by atoms with Crippen LogP contribution in [0.1, 0.15) is 0 Å². The molecule has 0 heterocycles. The summed E-state index contributed by atoms with van der Waals surface area (Å²) < 4.78 is 0. The van der Waals surface area contributed by atoms with Gasteiger partial charge in [0.05, 0.1) is 6.54 Å². The van der Waals surface area contributed by atoms with Crippen LogP contribution in [0.25, 0.3) is 0 Å². The van der Waals surface area contributed by atoms with Crippen LogP contribution in [0.3, 0.4) is 0 Å². The molecule has 0 aromatic carbocycles. The van der Waals surface area contributed by atoms with Gasteiger partial charge in [-0.1, -0.05) is 0 Å². The van der Waals surface area contributed by atoms with Crippen LogP contribution in [-0.4, -0.2) is 30.2 Å². The molecule has 50 valence electrons. The standard InChI is InChI=1S/C4H6N2O3/c5-4(9)6(3-8)1-2-7/h2-3H,1H2,(H2,5,9). The van der Waals surface area contributed by atoms with Crippen molar-refractivity contribution in [2.75, 3.05) is 6.54 Å². The summed E-state index contributed by atoms with van der Waals surface area (Å²) >= 11 is 0. The summed E-state index contributed by atoms with van der Waals surface area (Å²) in [6.07, 6.45) is 0.621. The van der Waals surface area contributed by atoms with E-state index in [0.717, 1.165) is 0 Å². The summed E-state index contributed by atoms with van der Waals surface area (Å²) in [7, 11) is 0. The van der Waals surface area contributed by atoms with E-state index in [1.54, 1.807) is 0 Å². The molecule has 0 radical (unpaired) electrons. The molecule has 0 unspecified atom stereocenters. The van der Waals surface area contributed by atoms with Crippen LogP contribution >= 0.6 is 0 Å². The summed E-state index contributed by atoms with van der Waals surface area (Å²) in [5.74, 6) is 0. The van der Waals surface area contributed by atoms with Gasteiger partial charge in [0, 0.05) is 0 Å². The number of hydrogen-bond acceptors (Lipinski definition) is 3. The van der Waals surface area contributed by atoms with Crippen molar-refractivity contribution in [3.8, 4) is 0 Å². The summed E-state index contributed by atoms with van der Waals surface area (Å²) in [4.78, 5) is 30.1. The van der Waals surface area contributed by atoms with Crippen molar-refractivity contribution in [1.29, 1.82) is 0 Å². The van der Waals surface area contributed by atoms with E-state index in [9.17, 15) is 14.4 Å². The molecule has 0 aliphatic carbocycles. The average molecular weight is 130 g/mol. The highest BCUT2D eigenvalue weighted by molar-refractivity contribution is 5.85.